The lowest BCUT2D eigenvalue weighted by molar-refractivity contribution is -0.221. The molecule has 1 aromatic carbocycles. The molecule has 92 valence electrons. The maximum Gasteiger partial charge on any atom is 0.234 e. The minimum absolute atomic E-state index is 0.0416. The van der Waals surface area contributed by atoms with Crippen LogP contribution in [0.2, 0.25) is 0 Å². The zero-order valence-corrected chi connectivity index (χ0v) is 10.1. The van der Waals surface area contributed by atoms with Gasteiger partial charge in [-0.1, -0.05) is 35.5 Å². The van der Waals surface area contributed by atoms with Crippen LogP contribution in [0.1, 0.15) is 24.8 Å². The summed E-state index contributed by atoms with van der Waals surface area (Å²) in [4.78, 5) is 5.28. The van der Waals surface area contributed by atoms with Gasteiger partial charge in [-0.2, -0.15) is 0 Å². The molecule has 0 bridgehead atoms. The van der Waals surface area contributed by atoms with Crippen molar-refractivity contribution in [1.29, 1.82) is 0 Å². The number of nitrogens with zero attached hydrogens (tertiary/aromatic N) is 1. The van der Waals surface area contributed by atoms with Gasteiger partial charge < -0.3 is 14.7 Å². The molecular formula is C13H17NO3. The van der Waals surface area contributed by atoms with Crippen molar-refractivity contribution < 1.29 is 14.7 Å². The van der Waals surface area contributed by atoms with Gasteiger partial charge in [0.1, 0.15) is 0 Å². The number of rotatable bonds is 3. The zero-order valence-electron chi connectivity index (χ0n) is 10.1. The van der Waals surface area contributed by atoms with Gasteiger partial charge in [0, 0.05) is 26.4 Å². The topological polar surface area (TPSA) is 51.0 Å². The molecule has 0 radical (unpaired) electrons. The Bertz CT molecular complexity index is 404. The van der Waals surface area contributed by atoms with E-state index in [9.17, 15) is 5.11 Å². The van der Waals surface area contributed by atoms with E-state index in [1.54, 1.807) is 7.11 Å². The van der Waals surface area contributed by atoms with Crippen LogP contribution in [0.15, 0.2) is 35.5 Å². The highest BCUT2D eigenvalue weighted by Gasteiger charge is 2.37. The third-order valence-corrected chi connectivity index (χ3v) is 3.13. The van der Waals surface area contributed by atoms with Crippen molar-refractivity contribution in [3.63, 3.8) is 0 Å². The highest BCUT2D eigenvalue weighted by atomic mass is 16.8. The molecule has 0 spiro atoms. The molecule has 1 aliphatic heterocycles. The second-order valence-electron chi connectivity index (χ2n) is 4.34. The third kappa shape index (κ3) is 2.48. The lowest BCUT2D eigenvalue weighted by atomic mass is 9.87. The molecule has 1 heterocycles. The van der Waals surface area contributed by atoms with Gasteiger partial charge in [0.2, 0.25) is 5.79 Å². The van der Waals surface area contributed by atoms with Crippen LogP contribution in [-0.2, 0) is 9.57 Å². The van der Waals surface area contributed by atoms with Crippen molar-refractivity contribution in [2.45, 2.75) is 25.0 Å². The summed E-state index contributed by atoms with van der Waals surface area (Å²) in [5, 5.41) is 13.3. The maximum absolute atomic E-state index is 9.31. The van der Waals surface area contributed by atoms with Gasteiger partial charge in [-0.3, -0.25) is 0 Å². The Morgan fingerprint density at radius 1 is 1.47 bits per heavy atom. The van der Waals surface area contributed by atoms with Crippen LogP contribution in [0.3, 0.4) is 0 Å². The Labute approximate surface area is 101 Å². The van der Waals surface area contributed by atoms with Crippen LogP contribution in [-0.4, -0.2) is 30.3 Å². The molecule has 0 saturated heterocycles. The van der Waals surface area contributed by atoms with E-state index in [1.165, 1.54) is 0 Å². The molecule has 1 aliphatic rings. The van der Waals surface area contributed by atoms with E-state index in [4.69, 9.17) is 9.57 Å². The average Bonchev–Trinajstić information content (AvgIpc) is 2.40. The summed E-state index contributed by atoms with van der Waals surface area (Å²) >= 11 is 0. The first-order valence-electron chi connectivity index (χ1n) is 5.64. The van der Waals surface area contributed by atoms with E-state index in [-0.39, 0.29) is 12.5 Å². The fourth-order valence-electron chi connectivity index (χ4n) is 2.00. The van der Waals surface area contributed by atoms with Crippen LogP contribution in [0.4, 0.5) is 0 Å². The number of hydrogen-bond acceptors (Lipinski definition) is 4. The minimum Gasteiger partial charge on any atom is -0.390 e. The number of benzene rings is 1. The highest BCUT2D eigenvalue weighted by molar-refractivity contribution is 5.92. The van der Waals surface area contributed by atoms with Gasteiger partial charge in [0.05, 0.1) is 12.3 Å². The van der Waals surface area contributed by atoms with E-state index in [1.807, 2.05) is 37.3 Å². The van der Waals surface area contributed by atoms with Crippen molar-refractivity contribution in [3.8, 4) is 0 Å². The molecule has 2 atom stereocenters. The number of aliphatic hydroxyl groups excluding tert-OH is 1. The van der Waals surface area contributed by atoms with Gasteiger partial charge in [0.25, 0.3) is 0 Å². The molecule has 4 heteroatoms. The van der Waals surface area contributed by atoms with Crippen molar-refractivity contribution in [2.24, 2.45) is 5.16 Å². The molecule has 1 N–H and O–H groups in total. The van der Waals surface area contributed by atoms with Crippen LogP contribution in [0.25, 0.3) is 0 Å². The summed E-state index contributed by atoms with van der Waals surface area (Å²) < 4.78 is 5.31. The van der Waals surface area contributed by atoms with E-state index in [0.717, 1.165) is 5.56 Å². The van der Waals surface area contributed by atoms with Gasteiger partial charge in [-0.05, 0) is 5.56 Å². The van der Waals surface area contributed by atoms with Crippen molar-refractivity contribution in [1.82, 2.24) is 0 Å². The monoisotopic (exact) mass is 235 g/mol. The lowest BCUT2D eigenvalue weighted by Crippen LogP contribution is -2.38. The first-order chi connectivity index (χ1) is 8.18. The third-order valence-electron chi connectivity index (χ3n) is 3.13. The van der Waals surface area contributed by atoms with Crippen molar-refractivity contribution in [3.05, 3.63) is 35.9 Å². The molecule has 0 aromatic heterocycles. The minimum atomic E-state index is -0.723. The molecule has 0 amide bonds. The summed E-state index contributed by atoms with van der Waals surface area (Å²) in [7, 11) is 1.60. The number of ether oxygens (including phenoxy) is 1. The largest absolute Gasteiger partial charge is 0.390 e. The predicted molar refractivity (Wildman–Crippen MR) is 64.8 cm³/mol. The van der Waals surface area contributed by atoms with Crippen LogP contribution in [0, 0.1) is 0 Å². The molecule has 0 fully saturated rings. The first-order valence-corrected chi connectivity index (χ1v) is 5.64. The maximum atomic E-state index is 9.31. The molecule has 0 unspecified atom stereocenters. The van der Waals surface area contributed by atoms with E-state index in [2.05, 4.69) is 5.16 Å². The second kappa shape index (κ2) is 4.85. The SMILES string of the molecule is CO[C@]1(C)C[C@@H](c2ccccc2)C(CO)=NO1. The summed E-state index contributed by atoms with van der Waals surface area (Å²) in [6.07, 6.45) is 0.646. The van der Waals surface area contributed by atoms with Crippen molar-refractivity contribution in [2.75, 3.05) is 13.7 Å². The smallest absolute Gasteiger partial charge is 0.234 e. The summed E-state index contributed by atoms with van der Waals surface area (Å²) in [6.45, 7) is 1.75. The molecule has 0 aliphatic carbocycles. The van der Waals surface area contributed by atoms with Crippen LogP contribution in [0.5, 0.6) is 0 Å². The van der Waals surface area contributed by atoms with Crippen LogP contribution >= 0.6 is 0 Å². The molecule has 17 heavy (non-hydrogen) atoms. The molecule has 1 aromatic rings. The van der Waals surface area contributed by atoms with E-state index < -0.39 is 5.79 Å². The van der Waals surface area contributed by atoms with Gasteiger partial charge in [-0.15, -0.1) is 0 Å². The molecule has 4 nitrogen and oxygen atoms in total. The number of hydrogen-bond donors (Lipinski definition) is 1. The first kappa shape index (κ1) is 12.1. The zero-order chi connectivity index (χ0) is 12.3. The lowest BCUT2D eigenvalue weighted by Gasteiger charge is -2.34. The van der Waals surface area contributed by atoms with E-state index >= 15 is 0 Å². The second-order valence-corrected chi connectivity index (χ2v) is 4.34. The average molecular weight is 235 g/mol. The predicted octanol–water partition coefficient (Wildman–Crippen LogP) is 1.90. The summed E-state index contributed by atoms with van der Waals surface area (Å²) in [6, 6.07) is 9.97. The number of aliphatic hydroxyl groups is 1. The molecular weight excluding hydrogens is 218 g/mol. The molecule has 0 saturated carbocycles. The fraction of sp³-hybridized carbons (Fsp3) is 0.462. The summed E-state index contributed by atoms with van der Waals surface area (Å²) in [5.41, 5.74) is 1.76. The molecule has 2 rings (SSSR count). The van der Waals surface area contributed by atoms with Crippen molar-refractivity contribution >= 4 is 5.71 Å². The van der Waals surface area contributed by atoms with Gasteiger partial charge in [-0.25, -0.2) is 0 Å². The Kier molecular flexibility index (Phi) is 3.45. The Balaban J connectivity index is 2.31. The number of oxime groups is 1. The Morgan fingerprint density at radius 3 is 2.76 bits per heavy atom. The summed E-state index contributed by atoms with van der Waals surface area (Å²) in [5.74, 6) is -0.681. The van der Waals surface area contributed by atoms with Gasteiger partial charge in [0.15, 0.2) is 0 Å². The van der Waals surface area contributed by atoms with E-state index in [0.29, 0.717) is 12.1 Å². The van der Waals surface area contributed by atoms with Gasteiger partial charge >= 0.3 is 0 Å². The quantitative estimate of drug-likeness (QED) is 0.870. The van der Waals surface area contributed by atoms with Crippen LogP contribution < -0.4 is 0 Å². The standard InChI is InChI=1S/C13H17NO3/c1-13(16-2)8-11(12(9-15)14-17-13)10-6-4-3-5-7-10/h3-7,11,15H,8-9H2,1-2H3/t11-,13-/m0/s1. The number of methoxy groups -OCH3 is 1. The Morgan fingerprint density at radius 2 is 2.18 bits per heavy atom. The fourth-order valence-corrected chi connectivity index (χ4v) is 2.00. The Hall–Kier alpha value is -1.39. The normalized spacial score (nSPS) is 28.4. The highest BCUT2D eigenvalue weighted by Crippen LogP contribution is 2.34.